The number of amides is 1. The number of anilines is 1. The van der Waals surface area contributed by atoms with Gasteiger partial charge in [-0.1, -0.05) is 19.9 Å². The van der Waals surface area contributed by atoms with E-state index in [1.165, 1.54) is 22.0 Å². The molecule has 0 bridgehead atoms. The first-order valence-electron chi connectivity index (χ1n) is 10.1. The Balaban J connectivity index is 1.57. The Hall–Kier alpha value is -1.90. The second-order valence-electron chi connectivity index (χ2n) is 7.57. The molecule has 0 radical (unpaired) electrons. The van der Waals surface area contributed by atoms with Crippen molar-refractivity contribution in [1.82, 2.24) is 4.31 Å². The quantitative estimate of drug-likeness (QED) is 0.616. The normalized spacial score (nSPS) is 15.7. The molecule has 6 nitrogen and oxygen atoms in total. The fourth-order valence-electron chi connectivity index (χ4n) is 3.31. The minimum atomic E-state index is -3.50. The van der Waals surface area contributed by atoms with Gasteiger partial charge in [0, 0.05) is 18.8 Å². The van der Waals surface area contributed by atoms with Gasteiger partial charge >= 0.3 is 0 Å². The number of ether oxygens (including phenoxy) is 1. The smallest absolute Gasteiger partial charge is 0.262 e. The van der Waals surface area contributed by atoms with Gasteiger partial charge in [0.25, 0.3) is 5.91 Å². The van der Waals surface area contributed by atoms with Gasteiger partial charge in [-0.2, -0.15) is 4.31 Å². The number of rotatable bonds is 7. The van der Waals surface area contributed by atoms with E-state index in [-0.39, 0.29) is 17.4 Å². The van der Waals surface area contributed by atoms with Crippen molar-refractivity contribution in [1.29, 1.82) is 0 Å². The highest BCUT2D eigenvalue weighted by Gasteiger charge is 2.27. The molecule has 1 aliphatic heterocycles. The van der Waals surface area contributed by atoms with Crippen LogP contribution in [-0.2, 0) is 21.2 Å². The summed E-state index contributed by atoms with van der Waals surface area (Å²) in [4.78, 5) is 12.4. The minimum absolute atomic E-state index is 0.143. The highest BCUT2D eigenvalue weighted by Crippen LogP contribution is 2.27. The standard InChI is InChI=1S/C22H27BrN2O4S/c1-3-17-4-9-21(20(23)14-17)29-15-22(26)24-18-5-7-19(8-6-18)30(27,28)25-12-10-16(2)11-13-25/h4-9,14,16H,3,10-13,15H2,1-2H3,(H,24,26). The molecule has 1 N–H and O–H groups in total. The number of hydrogen-bond acceptors (Lipinski definition) is 4. The number of aryl methyl sites for hydroxylation is 1. The predicted octanol–water partition coefficient (Wildman–Crippen LogP) is 4.45. The number of carbonyl (C=O) groups excluding carboxylic acids is 1. The summed E-state index contributed by atoms with van der Waals surface area (Å²) >= 11 is 3.45. The third kappa shape index (κ3) is 5.62. The van der Waals surface area contributed by atoms with E-state index < -0.39 is 10.0 Å². The number of sulfonamides is 1. The van der Waals surface area contributed by atoms with Crippen molar-refractivity contribution in [3.8, 4) is 5.75 Å². The summed E-state index contributed by atoms with van der Waals surface area (Å²) in [6.45, 7) is 5.17. The number of nitrogens with zero attached hydrogens (tertiary/aromatic N) is 1. The van der Waals surface area contributed by atoms with Gasteiger partial charge in [-0.3, -0.25) is 4.79 Å². The van der Waals surface area contributed by atoms with Crippen LogP contribution >= 0.6 is 15.9 Å². The lowest BCUT2D eigenvalue weighted by atomic mass is 10.0. The molecule has 8 heteroatoms. The van der Waals surface area contributed by atoms with Gasteiger partial charge in [0.05, 0.1) is 9.37 Å². The van der Waals surface area contributed by atoms with Gasteiger partial charge in [-0.25, -0.2) is 8.42 Å². The van der Waals surface area contributed by atoms with Crippen molar-refractivity contribution in [3.05, 3.63) is 52.5 Å². The highest BCUT2D eigenvalue weighted by atomic mass is 79.9. The van der Waals surface area contributed by atoms with Gasteiger partial charge in [-0.15, -0.1) is 0 Å². The van der Waals surface area contributed by atoms with Crippen LogP contribution in [-0.4, -0.2) is 38.3 Å². The third-order valence-electron chi connectivity index (χ3n) is 5.28. The van der Waals surface area contributed by atoms with Crippen LogP contribution in [0, 0.1) is 5.92 Å². The SMILES string of the molecule is CCc1ccc(OCC(=O)Nc2ccc(S(=O)(=O)N3CCC(C)CC3)cc2)c(Br)c1. The van der Waals surface area contributed by atoms with Crippen molar-refractivity contribution < 1.29 is 17.9 Å². The number of benzene rings is 2. The first kappa shape index (κ1) is 22.8. The molecule has 0 atom stereocenters. The van der Waals surface area contributed by atoms with E-state index in [4.69, 9.17) is 4.74 Å². The first-order chi connectivity index (χ1) is 14.3. The van der Waals surface area contributed by atoms with E-state index in [1.54, 1.807) is 12.1 Å². The van der Waals surface area contributed by atoms with E-state index in [2.05, 4.69) is 35.1 Å². The van der Waals surface area contributed by atoms with Crippen molar-refractivity contribution in [2.24, 2.45) is 5.92 Å². The average Bonchev–Trinajstić information content (AvgIpc) is 2.73. The topological polar surface area (TPSA) is 75.7 Å². The Labute approximate surface area is 186 Å². The summed E-state index contributed by atoms with van der Waals surface area (Å²) in [5.74, 6) is 0.836. The summed E-state index contributed by atoms with van der Waals surface area (Å²) in [5.41, 5.74) is 1.70. The van der Waals surface area contributed by atoms with Crippen molar-refractivity contribution in [2.75, 3.05) is 25.0 Å². The van der Waals surface area contributed by atoms with Crippen molar-refractivity contribution in [2.45, 2.75) is 38.0 Å². The maximum absolute atomic E-state index is 12.8. The Kier molecular flexibility index (Phi) is 7.55. The van der Waals surface area contributed by atoms with Crippen molar-refractivity contribution in [3.63, 3.8) is 0 Å². The summed E-state index contributed by atoms with van der Waals surface area (Å²) < 4.78 is 33.5. The number of piperidine rings is 1. The van der Waals surface area contributed by atoms with Crippen LogP contribution in [0.15, 0.2) is 51.8 Å². The van der Waals surface area contributed by atoms with Crippen LogP contribution < -0.4 is 10.1 Å². The number of nitrogens with one attached hydrogen (secondary N) is 1. The molecule has 0 aliphatic carbocycles. The zero-order chi connectivity index (χ0) is 21.7. The molecule has 1 heterocycles. The van der Waals surface area contributed by atoms with E-state index in [0.717, 1.165) is 23.7 Å². The van der Waals surface area contributed by atoms with Gasteiger partial charge in [0.1, 0.15) is 5.75 Å². The Bertz CT molecular complexity index is 985. The first-order valence-corrected chi connectivity index (χ1v) is 12.3. The summed E-state index contributed by atoms with van der Waals surface area (Å²) in [6.07, 6.45) is 2.68. The second-order valence-corrected chi connectivity index (χ2v) is 10.4. The lowest BCUT2D eigenvalue weighted by Crippen LogP contribution is -2.37. The second kappa shape index (κ2) is 9.94. The molecule has 3 rings (SSSR count). The lowest BCUT2D eigenvalue weighted by molar-refractivity contribution is -0.118. The third-order valence-corrected chi connectivity index (χ3v) is 7.81. The molecule has 1 aliphatic rings. The van der Waals surface area contributed by atoms with E-state index in [1.807, 2.05) is 18.2 Å². The monoisotopic (exact) mass is 494 g/mol. The zero-order valence-corrected chi connectivity index (χ0v) is 19.6. The van der Waals surface area contributed by atoms with Gasteiger partial charge in [0.2, 0.25) is 10.0 Å². The maximum Gasteiger partial charge on any atom is 0.262 e. The van der Waals surface area contributed by atoms with Gasteiger partial charge < -0.3 is 10.1 Å². The van der Waals surface area contributed by atoms with E-state index in [9.17, 15) is 13.2 Å². The Morgan fingerprint density at radius 1 is 1.17 bits per heavy atom. The van der Waals surface area contributed by atoms with Crippen LogP contribution in [0.25, 0.3) is 0 Å². The molecule has 30 heavy (non-hydrogen) atoms. The molecule has 0 spiro atoms. The minimum Gasteiger partial charge on any atom is -0.483 e. The zero-order valence-electron chi connectivity index (χ0n) is 17.2. The molecular weight excluding hydrogens is 468 g/mol. The predicted molar refractivity (Wildman–Crippen MR) is 121 cm³/mol. The summed E-state index contributed by atoms with van der Waals surface area (Å²) in [6, 6.07) is 12.0. The van der Waals surface area contributed by atoms with E-state index >= 15 is 0 Å². The molecule has 2 aromatic rings. The fourth-order valence-corrected chi connectivity index (χ4v) is 5.32. The molecule has 1 fully saturated rings. The molecule has 0 aromatic heterocycles. The molecule has 0 unspecified atom stereocenters. The fraction of sp³-hybridized carbons (Fsp3) is 0.409. The van der Waals surface area contributed by atoms with Gasteiger partial charge in [-0.05, 0) is 83.1 Å². The Morgan fingerprint density at radius 2 is 1.83 bits per heavy atom. The Morgan fingerprint density at radius 3 is 2.43 bits per heavy atom. The van der Waals surface area contributed by atoms with Crippen molar-refractivity contribution >= 4 is 37.5 Å². The summed E-state index contributed by atoms with van der Waals surface area (Å²) in [7, 11) is -3.50. The summed E-state index contributed by atoms with van der Waals surface area (Å²) in [5, 5.41) is 2.73. The molecule has 1 amide bonds. The highest BCUT2D eigenvalue weighted by molar-refractivity contribution is 9.10. The molecule has 0 saturated carbocycles. The number of hydrogen-bond donors (Lipinski definition) is 1. The number of halogens is 1. The van der Waals surface area contributed by atoms with E-state index in [0.29, 0.717) is 30.4 Å². The van der Waals surface area contributed by atoms with Gasteiger partial charge in [0.15, 0.2) is 6.61 Å². The molecule has 2 aromatic carbocycles. The van der Waals surface area contributed by atoms with Crippen LogP contribution in [0.1, 0.15) is 32.3 Å². The average molecular weight is 495 g/mol. The maximum atomic E-state index is 12.8. The molecular formula is C22H27BrN2O4S. The lowest BCUT2D eigenvalue weighted by Gasteiger charge is -2.29. The van der Waals surface area contributed by atoms with Crippen LogP contribution in [0.2, 0.25) is 0 Å². The molecule has 1 saturated heterocycles. The van der Waals surface area contributed by atoms with Crippen LogP contribution in [0.4, 0.5) is 5.69 Å². The van der Waals surface area contributed by atoms with Crippen LogP contribution in [0.3, 0.4) is 0 Å². The van der Waals surface area contributed by atoms with Crippen LogP contribution in [0.5, 0.6) is 5.75 Å². The largest absolute Gasteiger partial charge is 0.483 e. The number of carbonyl (C=O) groups is 1. The molecule has 162 valence electrons.